The average molecular weight is 350 g/mol. The molecule has 0 bridgehead atoms. The number of halogens is 3. The van der Waals surface area contributed by atoms with E-state index in [1.807, 2.05) is 27.7 Å². The van der Waals surface area contributed by atoms with E-state index in [-0.39, 0.29) is 28.7 Å². The Balaban J connectivity index is 2.56. The molecule has 2 rings (SSSR count). The molecule has 0 atom stereocenters. The van der Waals surface area contributed by atoms with Crippen LogP contribution in [0.5, 0.6) is 5.75 Å². The van der Waals surface area contributed by atoms with Gasteiger partial charge in [0, 0.05) is 11.1 Å². The number of phenolic OH excluding ortho intramolecular Hbond substituents is 1. The molecule has 0 aliphatic carbocycles. The molecule has 0 saturated heterocycles. The van der Waals surface area contributed by atoms with Crippen molar-refractivity contribution in [3.63, 3.8) is 0 Å². The lowest BCUT2D eigenvalue weighted by Crippen LogP contribution is -2.09. The number of benzene rings is 2. The number of carbonyl (C=O) groups is 1. The predicted molar refractivity (Wildman–Crippen MR) is 91.2 cm³/mol. The van der Waals surface area contributed by atoms with Crippen LogP contribution in [0.1, 0.15) is 72.1 Å². The summed E-state index contributed by atoms with van der Waals surface area (Å²) < 4.78 is 38.6. The number of phenols is 1. The fourth-order valence-corrected chi connectivity index (χ4v) is 2.69. The van der Waals surface area contributed by atoms with Crippen molar-refractivity contribution in [2.45, 2.75) is 45.7 Å². The lowest BCUT2D eigenvalue weighted by atomic mass is 9.89. The molecule has 0 aliphatic rings. The maximum absolute atomic E-state index is 12.9. The molecule has 0 amide bonds. The van der Waals surface area contributed by atoms with E-state index >= 15 is 0 Å². The summed E-state index contributed by atoms with van der Waals surface area (Å²) in [5.41, 5.74) is 0.628. The van der Waals surface area contributed by atoms with Gasteiger partial charge in [-0.25, -0.2) is 0 Å². The monoisotopic (exact) mass is 350 g/mol. The summed E-state index contributed by atoms with van der Waals surface area (Å²) in [4.78, 5) is 12.7. The van der Waals surface area contributed by atoms with E-state index in [4.69, 9.17) is 0 Å². The Kier molecular flexibility index (Phi) is 5.26. The van der Waals surface area contributed by atoms with Gasteiger partial charge in [-0.1, -0.05) is 39.8 Å². The van der Waals surface area contributed by atoms with Crippen LogP contribution < -0.4 is 0 Å². The van der Waals surface area contributed by atoms with Gasteiger partial charge in [0.25, 0.3) is 0 Å². The second-order valence-corrected chi connectivity index (χ2v) is 6.72. The van der Waals surface area contributed by atoms with Gasteiger partial charge in [-0.05, 0) is 47.2 Å². The topological polar surface area (TPSA) is 37.3 Å². The molecule has 5 heteroatoms. The van der Waals surface area contributed by atoms with Gasteiger partial charge in [0.05, 0.1) is 5.56 Å². The highest BCUT2D eigenvalue weighted by Crippen LogP contribution is 2.36. The van der Waals surface area contributed by atoms with Crippen molar-refractivity contribution in [1.82, 2.24) is 0 Å². The third-order valence-electron chi connectivity index (χ3n) is 4.13. The van der Waals surface area contributed by atoms with Gasteiger partial charge in [0.15, 0.2) is 5.78 Å². The first-order chi connectivity index (χ1) is 11.5. The summed E-state index contributed by atoms with van der Waals surface area (Å²) >= 11 is 0. The molecule has 0 unspecified atom stereocenters. The molecular formula is C20H21F3O2. The molecule has 0 spiro atoms. The molecule has 2 nitrogen and oxygen atoms in total. The standard InChI is InChI=1S/C20H21F3O2/c1-11(2)16-9-14(10-17(12(3)4)19(16)25)18(24)13-6-5-7-15(8-13)20(21,22)23/h5-12,25H,1-4H3. The fourth-order valence-electron chi connectivity index (χ4n) is 2.69. The zero-order valence-corrected chi connectivity index (χ0v) is 14.6. The van der Waals surface area contributed by atoms with Gasteiger partial charge >= 0.3 is 6.18 Å². The van der Waals surface area contributed by atoms with Crippen LogP contribution in [0.15, 0.2) is 36.4 Å². The van der Waals surface area contributed by atoms with Gasteiger partial charge in [0.2, 0.25) is 0 Å². The summed E-state index contributed by atoms with van der Waals surface area (Å²) in [5.74, 6) is -0.390. The number of ketones is 1. The molecular weight excluding hydrogens is 329 g/mol. The van der Waals surface area contributed by atoms with Crippen molar-refractivity contribution in [2.24, 2.45) is 0 Å². The molecule has 0 saturated carbocycles. The third kappa shape index (κ3) is 4.03. The van der Waals surface area contributed by atoms with Crippen molar-refractivity contribution in [1.29, 1.82) is 0 Å². The SMILES string of the molecule is CC(C)c1cc(C(=O)c2cccc(C(F)(F)F)c2)cc(C(C)C)c1O. The van der Waals surface area contributed by atoms with Crippen molar-refractivity contribution >= 4 is 5.78 Å². The summed E-state index contributed by atoms with van der Waals surface area (Å²) in [6.07, 6.45) is -4.50. The van der Waals surface area contributed by atoms with E-state index in [2.05, 4.69) is 0 Å². The van der Waals surface area contributed by atoms with E-state index in [0.29, 0.717) is 11.1 Å². The molecule has 0 aromatic heterocycles. The van der Waals surface area contributed by atoms with Gasteiger partial charge in [0.1, 0.15) is 5.75 Å². The van der Waals surface area contributed by atoms with Gasteiger partial charge < -0.3 is 5.11 Å². The van der Waals surface area contributed by atoms with E-state index in [0.717, 1.165) is 12.1 Å². The van der Waals surface area contributed by atoms with Crippen molar-refractivity contribution in [3.8, 4) is 5.75 Å². The highest BCUT2D eigenvalue weighted by molar-refractivity contribution is 6.09. The average Bonchev–Trinajstić information content (AvgIpc) is 2.53. The third-order valence-corrected chi connectivity index (χ3v) is 4.13. The number of alkyl halides is 3. The van der Waals surface area contributed by atoms with Crippen LogP contribution in [0.4, 0.5) is 13.2 Å². The lowest BCUT2D eigenvalue weighted by molar-refractivity contribution is -0.137. The first-order valence-corrected chi connectivity index (χ1v) is 8.11. The highest BCUT2D eigenvalue weighted by Gasteiger charge is 2.31. The Bertz CT molecular complexity index is 761. The maximum atomic E-state index is 12.9. The smallest absolute Gasteiger partial charge is 0.416 e. The van der Waals surface area contributed by atoms with Crippen LogP contribution in [0.25, 0.3) is 0 Å². The molecule has 1 N–H and O–H groups in total. The van der Waals surface area contributed by atoms with E-state index in [1.165, 1.54) is 12.1 Å². The summed E-state index contributed by atoms with van der Waals surface area (Å²) in [7, 11) is 0. The molecule has 2 aromatic carbocycles. The van der Waals surface area contributed by atoms with Gasteiger partial charge in [-0.15, -0.1) is 0 Å². The Labute approximate surface area is 145 Å². The van der Waals surface area contributed by atoms with E-state index in [9.17, 15) is 23.1 Å². The van der Waals surface area contributed by atoms with Crippen LogP contribution in [0.2, 0.25) is 0 Å². The zero-order chi connectivity index (χ0) is 18.9. The molecule has 0 aliphatic heterocycles. The first kappa shape index (κ1) is 19.0. The Morgan fingerprint density at radius 3 is 1.88 bits per heavy atom. The van der Waals surface area contributed by atoms with Crippen LogP contribution in [-0.2, 0) is 6.18 Å². The summed E-state index contributed by atoms with van der Waals surface area (Å²) in [5, 5.41) is 10.4. The number of carbonyl (C=O) groups excluding carboxylic acids is 1. The molecule has 2 aromatic rings. The van der Waals surface area contributed by atoms with Crippen molar-refractivity contribution < 1.29 is 23.1 Å². The second kappa shape index (κ2) is 6.90. The molecule has 0 fully saturated rings. The number of rotatable bonds is 4. The van der Waals surface area contributed by atoms with Crippen LogP contribution >= 0.6 is 0 Å². The normalized spacial score (nSPS) is 12.0. The van der Waals surface area contributed by atoms with Crippen molar-refractivity contribution in [3.05, 3.63) is 64.2 Å². The highest BCUT2D eigenvalue weighted by atomic mass is 19.4. The minimum absolute atomic E-state index is 0.0215. The van der Waals surface area contributed by atoms with Gasteiger partial charge in [-0.3, -0.25) is 4.79 Å². The van der Waals surface area contributed by atoms with Crippen LogP contribution in [0.3, 0.4) is 0 Å². The summed E-state index contributed by atoms with van der Waals surface area (Å²) in [6, 6.07) is 7.52. The van der Waals surface area contributed by atoms with E-state index in [1.54, 1.807) is 12.1 Å². The Morgan fingerprint density at radius 2 is 1.44 bits per heavy atom. The largest absolute Gasteiger partial charge is 0.507 e. The number of hydrogen-bond donors (Lipinski definition) is 1. The predicted octanol–water partition coefficient (Wildman–Crippen LogP) is 5.89. The second-order valence-electron chi connectivity index (χ2n) is 6.72. The minimum Gasteiger partial charge on any atom is -0.507 e. The minimum atomic E-state index is -4.50. The Morgan fingerprint density at radius 1 is 0.920 bits per heavy atom. The van der Waals surface area contributed by atoms with Gasteiger partial charge in [-0.2, -0.15) is 13.2 Å². The van der Waals surface area contributed by atoms with Crippen LogP contribution in [0, 0.1) is 0 Å². The fraction of sp³-hybridized carbons (Fsp3) is 0.350. The maximum Gasteiger partial charge on any atom is 0.416 e. The van der Waals surface area contributed by atoms with Crippen molar-refractivity contribution in [2.75, 3.05) is 0 Å². The lowest BCUT2D eigenvalue weighted by Gasteiger charge is -2.17. The zero-order valence-electron chi connectivity index (χ0n) is 14.6. The quantitative estimate of drug-likeness (QED) is 0.698. The molecule has 0 radical (unpaired) electrons. The molecule has 134 valence electrons. The molecule has 0 heterocycles. The Hall–Kier alpha value is -2.30. The molecule has 25 heavy (non-hydrogen) atoms. The number of hydrogen-bond acceptors (Lipinski definition) is 2. The van der Waals surface area contributed by atoms with E-state index < -0.39 is 17.5 Å². The van der Waals surface area contributed by atoms with Crippen LogP contribution in [-0.4, -0.2) is 10.9 Å². The summed E-state index contributed by atoms with van der Waals surface area (Å²) in [6.45, 7) is 7.55. The first-order valence-electron chi connectivity index (χ1n) is 8.11. The number of aromatic hydroxyl groups is 1.